The third-order valence-electron chi connectivity index (χ3n) is 3.10. The lowest BCUT2D eigenvalue weighted by atomic mass is 9.93. The summed E-state index contributed by atoms with van der Waals surface area (Å²) in [7, 11) is 1.58. The molecule has 0 aromatic heterocycles. The number of benzene rings is 1. The Balaban J connectivity index is 2.31. The lowest BCUT2D eigenvalue weighted by molar-refractivity contribution is -0.125. The Labute approximate surface area is 125 Å². The van der Waals surface area contributed by atoms with E-state index in [0.29, 0.717) is 24.6 Å². The Kier molecular flexibility index (Phi) is 6.45. The fourth-order valence-electron chi connectivity index (χ4n) is 1.58. The van der Waals surface area contributed by atoms with Crippen molar-refractivity contribution in [2.75, 3.05) is 26.8 Å². The van der Waals surface area contributed by atoms with E-state index in [-0.39, 0.29) is 12.5 Å². The molecule has 0 saturated heterocycles. The number of hydrogen-bond acceptors (Lipinski definition) is 5. The maximum absolute atomic E-state index is 11.2. The van der Waals surface area contributed by atoms with Gasteiger partial charge in [0.05, 0.1) is 12.5 Å². The number of ether oxygens (including phenoxy) is 2. The summed E-state index contributed by atoms with van der Waals surface area (Å²) in [5, 5.41) is 12.8. The molecule has 4 N–H and O–H groups in total. The second kappa shape index (κ2) is 7.85. The molecule has 1 unspecified atom stereocenters. The van der Waals surface area contributed by atoms with Gasteiger partial charge in [-0.3, -0.25) is 4.79 Å². The van der Waals surface area contributed by atoms with E-state index >= 15 is 0 Å². The zero-order chi connectivity index (χ0) is 15.9. The number of carbonyl (C=O) groups is 1. The Morgan fingerprint density at radius 2 is 2.10 bits per heavy atom. The van der Waals surface area contributed by atoms with Crippen molar-refractivity contribution in [1.82, 2.24) is 5.32 Å². The van der Waals surface area contributed by atoms with Crippen molar-refractivity contribution < 1.29 is 19.4 Å². The smallest absolute Gasteiger partial charge is 0.224 e. The molecule has 0 heterocycles. The van der Waals surface area contributed by atoms with Gasteiger partial charge in [0.1, 0.15) is 24.2 Å². The monoisotopic (exact) mass is 296 g/mol. The Morgan fingerprint density at radius 3 is 2.71 bits per heavy atom. The maximum Gasteiger partial charge on any atom is 0.224 e. The number of aliphatic hydroxyl groups excluding tert-OH is 1. The molecule has 6 heteroatoms. The molecule has 1 amide bonds. The van der Waals surface area contributed by atoms with Crippen molar-refractivity contribution in [2.45, 2.75) is 20.0 Å². The van der Waals surface area contributed by atoms with Crippen LogP contribution in [0.25, 0.3) is 0 Å². The van der Waals surface area contributed by atoms with E-state index in [1.54, 1.807) is 33.1 Å². The summed E-state index contributed by atoms with van der Waals surface area (Å²) < 4.78 is 10.6. The van der Waals surface area contributed by atoms with Gasteiger partial charge in [-0.05, 0) is 26.0 Å². The number of nitrogens with two attached hydrogens (primary N) is 1. The third-order valence-corrected chi connectivity index (χ3v) is 3.10. The molecule has 0 aliphatic heterocycles. The first-order valence-corrected chi connectivity index (χ1v) is 6.80. The molecule has 1 rings (SSSR count). The number of rotatable bonds is 9. The van der Waals surface area contributed by atoms with E-state index < -0.39 is 11.5 Å². The Morgan fingerprint density at radius 1 is 1.43 bits per heavy atom. The van der Waals surface area contributed by atoms with Crippen molar-refractivity contribution >= 4 is 5.91 Å². The zero-order valence-electron chi connectivity index (χ0n) is 12.8. The van der Waals surface area contributed by atoms with Crippen LogP contribution in [0.4, 0.5) is 0 Å². The van der Waals surface area contributed by atoms with Crippen LogP contribution in [0, 0.1) is 5.41 Å². The van der Waals surface area contributed by atoms with E-state index in [1.807, 2.05) is 12.1 Å². The van der Waals surface area contributed by atoms with Gasteiger partial charge in [-0.15, -0.1) is 0 Å². The molecule has 1 atom stereocenters. The minimum Gasteiger partial charge on any atom is -0.497 e. The van der Waals surface area contributed by atoms with Crippen LogP contribution in [0.15, 0.2) is 24.3 Å². The summed E-state index contributed by atoms with van der Waals surface area (Å²) in [5.41, 5.74) is 4.63. The van der Waals surface area contributed by atoms with Crippen molar-refractivity contribution in [2.24, 2.45) is 11.1 Å². The van der Waals surface area contributed by atoms with E-state index in [0.717, 1.165) is 0 Å². The van der Waals surface area contributed by atoms with Crippen molar-refractivity contribution in [1.29, 1.82) is 0 Å². The highest BCUT2D eigenvalue weighted by Gasteiger charge is 2.24. The Bertz CT molecular complexity index is 463. The number of primary amides is 1. The van der Waals surface area contributed by atoms with Crippen LogP contribution in [0.2, 0.25) is 0 Å². The fourth-order valence-corrected chi connectivity index (χ4v) is 1.58. The van der Waals surface area contributed by atoms with Crippen molar-refractivity contribution in [3.8, 4) is 11.5 Å². The lowest BCUT2D eigenvalue weighted by Gasteiger charge is -2.22. The van der Waals surface area contributed by atoms with E-state index in [2.05, 4.69) is 5.32 Å². The average molecular weight is 296 g/mol. The number of nitrogens with one attached hydrogen (secondary N) is 1. The molecule has 0 radical (unpaired) electrons. The van der Waals surface area contributed by atoms with Gasteiger partial charge in [0.15, 0.2) is 0 Å². The number of hydrogen-bond donors (Lipinski definition) is 3. The van der Waals surface area contributed by atoms with Crippen LogP contribution in [0.1, 0.15) is 13.8 Å². The average Bonchev–Trinajstić information content (AvgIpc) is 2.45. The number of carbonyl (C=O) groups excluding carboxylic acids is 1. The molecule has 6 nitrogen and oxygen atoms in total. The predicted molar refractivity (Wildman–Crippen MR) is 80.3 cm³/mol. The summed E-state index contributed by atoms with van der Waals surface area (Å²) in [6, 6.07) is 7.17. The quantitative estimate of drug-likeness (QED) is 0.618. The minimum absolute atomic E-state index is 0.150. The van der Waals surface area contributed by atoms with Crippen molar-refractivity contribution in [3.05, 3.63) is 24.3 Å². The van der Waals surface area contributed by atoms with Crippen LogP contribution >= 0.6 is 0 Å². The van der Waals surface area contributed by atoms with Crippen LogP contribution in [0.5, 0.6) is 11.5 Å². The van der Waals surface area contributed by atoms with Gasteiger partial charge >= 0.3 is 0 Å². The Hall–Kier alpha value is -1.79. The largest absolute Gasteiger partial charge is 0.497 e. The molecule has 0 aliphatic rings. The van der Waals surface area contributed by atoms with E-state index in [1.165, 1.54) is 0 Å². The van der Waals surface area contributed by atoms with Crippen LogP contribution < -0.4 is 20.5 Å². The van der Waals surface area contributed by atoms with Crippen molar-refractivity contribution in [3.63, 3.8) is 0 Å². The van der Waals surface area contributed by atoms with Gasteiger partial charge in [0, 0.05) is 19.2 Å². The minimum atomic E-state index is -0.681. The summed E-state index contributed by atoms with van der Waals surface area (Å²) in [4.78, 5) is 11.2. The first kappa shape index (κ1) is 17.3. The van der Waals surface area contributed by atoms with Gasteiger partial charge in [0.25, 0.3) is 0 Å². The molecule has 0 aliphatic carbocycles. The fraction of sp³-hybridized carbons (Fsp3) is 0.533. The lowest BCUT2D eigenvalue weighted by Crippen LogP contribution is -2.43. The maximum atomic E-state index is 11.2. The normalized spacial score (nSPS) is 12.8. The van der Waals surface area contributed by atoms with Crippen LogP contribution in [-0.2, 0) is 4.79 Å². The van der Waals surface area contributed by atoms with Crippen LogP contribution in [0.3, 0.4) is 0 Å². The molecule has 1 aromatic rings. The predicted octanol–water partition coefficient (Wildman–Crippen LogP) is 0.536. The highest BCUT2D eigenvalue weighted by Crippen LogP contribution is 2.18. The van der Waals surface area contributed by atoms with Gasteiger partial charge in [0.2, 0.25) is 5.91 Å². The second-order valence-corrected chi connectivity index (χ2v) is 5.52. The summed E-state index contributed by atoms with van der Waals surface area (Å²) in [5.74, 6) is 0.950. The molecule has 1 aromatic carbocycles. The zero-order valence-corrected chi connectivity index (χ0v) is 12.8. The first-order valence-electron chi connectivity index (χ1n) is 6.80. The molecule has 0 spiro atoms. The number of aliphatic hydroxyl groups is 1. The van der Waals surface area contributed by atoms with E-state index in [4.69, 9.17) is 15.2 Å². The summed E-state index contributed by atoms with van der Waals surface area (Å²) >= 11 is 0. The number of methoxy groups -OCH3 is 1. The molecule has 118 valence electrons. The molecule has 0 bridgehead atoms. The van der Waals surface area contributed by atoms with Gasteiger partial charge in [-0.1, -0.05) is 6.07 Å². The van der Waals surface area contributed by atoms with Gasteiger partial charge < -0.3 is 25.6 Å². The summed E-state index contributed by atoms with van der Waals surface area (Å²) in [6.45, 7) is 4.37. The first-order chi connectivity index (χ1) is 9.85. The molecule has 0 saturated carbocycles. The van der Waals surface area contributed by atoms with Gasteiger partial charge in [-0.25, -0.2) is 0 Å². The topological polar surface area (TPSA) is 93.8 Å². The third kappa shape index (κ3) is 6.01. The van der Waals surface area contributed by atoms with E-state index in [9.17, 15) is 9.90 Å². The second-order valence-electron chi connectivity index (χ2n) is 5.52. The van der Waals surface area contributed by atoms with Gasteiger partial charge in [-0.2, -0.15) is 0 Å². The van der Waals surface area contributed by atoms with Crippen LogP contribution in [-0.4, -0.2) is 43.9 Å². The standard InChI is InChI=1S/C15H24N2O4/c1-15(2,14(16)19)10-17-8-11(18)9-21-13-6-4-5-12(7-13)20-3/h4-7,11,17-18H,8-10H2,1-3H3,(H2,16,19). The summed E-state index contributed by atoms with van der Waals surface area (Å²) in [6.07, 6.45) is -0.681. The molecule has 0 fully saturated rings. The molecular weight excluding hydrogens is 272 g/mol. The highest BCUT2D eigenvalue weighted by atomic mass is 16.5. The highest BCUT2D eigenvalue weighted by molar-refractivity contribution is 5.80. The number of amides is 1. The molecular formula is C15H24N2O4. The SMILES string of the molecule is COc1cccc(OCC(O)CNCC(C)(C)C(N)=O)c1. The molecule has 21 heavy (non-hydrogen) atoms.